The summed E-state index contributed by atoms with van der Waals surface area (Å²) in [5.41, 5.74) is 1.82. The first kappa shape index (κ1) is 9.32. The van der Waals surface area contributed by atoms with Crippen LogP contribution in [0.25, 0.3) is 0 Å². The highest BCUT2D eigenvalue weighted by Gasteiger charge is 2.33. The van der Waals surface area contributed by atoms with Gasteiger partial charge < -0.3 is 0 Å². The van der Waals surface area contributed by atoms with Crippen LogP contribution in [0.3, 0.4) is 0 Å². The third kappa shape index (κ3) is 1.53. The fourth-order valence-electron chi connectivity index (χ4n) is 1.92. The largest absolute Gasteiger partial charge is 0.198 e. The molecule has 1 rings (SSSR count). The van der Waals surface area contributed by atoms with E-state index in [9.17, 15) is 0 Å². The van der Waals surface area contributed by atoms with E-state index in [2.05, 4.69) is 32.9 Å². The van der Waals surface area contributed by atoms with Crippen molar-refractivity contribution in [2.24, 2.45) is 11.3 Å². The van der Waals surface area contributed by atoms with Crippen molar-refractivity contribution in [2.45, 2.75) is 40.0 Å². The maximum absolute atomic E-state index is 8.50. The Labute approximate surface area is 75.1 Å². The Hall–Kier alpha value is -0.770. The summed E-state index contributed by atoms with van der Waals surface area (Å²) < 4.78 is 0. The summed E-state index contributed by atoms with van der Waals surface area (Å²) in [5.74, 6) is 0.692. The molecule has 0 N–H and O–H groups in total. The molecule has 0 saturated carbocycles. The molecule has 0 aromatic carbocycles. The number of nitrogens with zero attached hydrogens (tertiary/aromatic N) is 1. The lowest BCUT2D eigenvalue weighted by Crippen LogP contribution is -2.20. The lowest BCUT2D eigenvalue weighted by molar-refractivity contribution is 0.278. The van der Waals surface area contributed by atoms with E-state index in [-0.39, 0.29) is 0 Å². The minimum atomic E-state index is 0.330. The van der Waals surface area contributed by atoms with E-state index < -0.39 is 0 Å². The smallest absolute Gasteiger partial charge is 0.0621 e. The van der Waals surface area contributed by atoms with Gasteiger partial charge in [-0.3, -0.25) is 0 Å². The molecule has 0 fully saturated rings. The quantitative estimate of drug-likeness (QED) is 0.573. The van der Waals surface area contributed by atoms with Gasteiger partial charge >= 0.3 is 0 Å². The Morgan fingerprint density at radius 2 is 2.33 bits per heavy atom. The Morgan fingerprint density at radius 3 is 2.75 bits per heavy atom. The molecule has 0 spiro atoms. The van der Waals surface area contributed by atoms with Crippen molar-refractivity contribution in [1.29, 1.82) is 5.26 Å². The SMILES string of the molecule is CC1=CC[C@@H](CCC#N)C1(C)C. The lowest BCUT2D eigenvalue weighted by Gasteiger charge is -2.29. The number of nitriles is 1. The van der Waals surface area contributed by atoms with Gasteiger partial charge in [-0.05, 0) is 31.1 Å². The minimum absolute atomic E-state index is 0.330. The Kier molecular flexibility index (Phi) is 2.57. The zero-order valence-electron chi connectivity index (χ0n) is 8.22. The third-order valence-corrected chi connectivity index (χ3v) is 3.35. The van der Waals surface area contributed by atoms with E-state index in [1.54, 1.807) is 0 Å². The van der Waals surface area contributed by atoms with Gasteiger partial charge in [-0.1, -0.05) is 25.5 Å². The minimum Gasteiger partial charge on any atom is -0.198 e. The first-order valence-electron chi connectivity index (χ1n) is 4.63. The molecule has 1 atom stereocenters. The average molecular weight is 163 g/mol. The summed E-state index contributed by atoms with van der Waals surface area (Å²) in [6, 6.07) is 2.22. The summed E-state index contributed by atoms with van der Waals surface area (Å²) in [6.07, 6.45) is 5.25. The Balaban J connectivity index is 2.56. The highest BCUT2D eigenvalue weighted by atomic mass is 14.4. The summed E-state index contributed by atoms with van der Waals surface area (Å²) in [7, 11) is 0. The maximum Gasteiger partial charge on any atom is 0.0621 e. The van der Waals surface area contributed by atoms with E-state index in [0.29, 0.717) is 17.8 Å². The van der Waals surface area contributed by atoms with Crippen molar-refractivity contribution in [3.05, 3.63) is 11.6 Å². The molecule has 1 nitrogen and oxygen atoms in total. The molecule has 1 aliphatic rings. The molecule has 0 unspecified atom stereocenters. The van der Waals surface area contributed by atoms with Gasteiger partial charge in [0.05, 0.1) is 6.07 Å². The molecule has 0 saturated heterocycles. The monoisotopic (exact) mass is 163 g/mol. The van der Waals surface area contributed by atoms with Crippen LogP contribution in [0.1, 0.15) is 40.0 Å². The second-order valence-electron chi connectivity index (χ2n) is 4.24. The standard InChI is InChI=1S/C11H17N/c1-9-6-7-10(5-4-8-12)11(9,2)3/h6,10H,4-5,7H2,1-3H3/t10-/m1/s1. The third-order valence-electron chi connectivity index (χ3n) is 3.35. The molecule has 66 valence electrons. The van der Waals surface area contributed by atoms with Gasteiger partial charge in [0.2, 0.25) is 0 Å². The van der Waals surface area contributed by atoms with Crippen molar-refractivity contribution >= 4 is 0 Å². The Bertz CT molecular complexity index is 230. The molecule has 0 bridgehead atoms. The Morgan fingerprint density at radius 1 is 1.67 bits per heavy atom. The van der Waals surface area contributed by atoms with Gasteiger partial charge in [0.15, 0.2) is 0 Å². The topological polar surface area (TPSA) is 23.8 Å². The summed E-state index contributed by atoms with van der Waals surface area (Å²) in [5, 5.41) is 8.50. The molecular weight excluding hydrogens is 146 g/mol. The fourth-order valence-corrected chi connectivity index (χ4v) is 1.92. The first-order valence-corrected chi connectivity index (χ1v) is 4.63. The summed E-state index contributed by atoms with van der Waals surface area (Å²) >= 11 is 0. The van der Waals surface area contributed by atoms with E-state index in [4.69, 9.17) is 5.26 Å². The van der Waals surface area contributed by atoms with E-state index in [1.165, 1.54) is 12.0 Å². The van der Waals surface area contributed by atoms with Crippen molar-refractivity contribution in [1.82, 2.24) is 0 Å². The van der Waals surface area contributed by atoms with Crippen molar-refractivity contribution in [2.75, 3.05) is 0 Å². The predicted molar refractivity (Wildman–Crippen MR) is 50.5 cm³/mol. The van der Waals surface area contributed by atoms with Gasteiger partial charge in [-0.15, -0.1) is 0 Å². The zero-order valence-corrected chi connectivity index (χ0v) is 8.22. The summed E-state index contributed by atoms with van der Waals surface area (Å²) in [4.78, 5) is 0. The molecule has 0 amide bonds. The van der Waals surface area contributed by atoms with Gasteiger partial charge in [0.1, 0.15) is 0 Å². The van der Waals surface area contributed by atoms with E-state index in [0.717, 1.165) is 6.42 Å². The van der Waals surface area contributed by atoms with Crippen molar-refractivity contribution in [3.8, 4) is 6.07 Å². The molecule has 0 aliphatic heterocycles. The fraction of sp³-hybridized carbons (Fsp3) is 0.727. The molecule has 0 radical (unpaired) electrons. The molecular formula is C11H17N. The van der Waals surface area contributed by atoms with E-state index >= 15 is 0 Å². The van der Waals surface area contributed by atoms with Crippen LogP contribution in [-0.4, -0.2) is 0 Å². The van der Waals surface area contributed by atoms with Crippen LogP contribution in [0.15, 0.2) is 11.6 Å². The van der Waals surface area contributed by atoms with Crippen LogP contribution < -0.4 is 0 Å². The lowest BCUT2D eigenvalue weighted by atomic mass is 9.76. The number of allylic oxidation sites excluding steroid dienone is 2. The maximum atomic E-state index is 8.50. The van der Waals surface area contributed by atoms with Gasteiger partial charge in [-0.2, -0.15) is 5.26 Å². The van der Waals surface area contributed by atoms with Gasteiger partial charge in [0.25, 0.3) is 0 Å². The van der Waals surface area contributed by atoms with Crippen molar-refractivity contribution in [3.63, 3.8) is 0 Å². The molecule has 12 heavy (non-hydrogen) atoms. The van der Waals surface area contributed by atoms with Gasteiger partial charge in [-0.25, -0.2) is 0 Å². The molecule has 1 aliphatic carbocycles. The van der Waals surface area contributed by atoms with Gasteiger partial charge in [0, 0.05) is 6.42 Å². The molecule has 1 heteroatoms. The number of rotatable bonds is 2. The van der Waals surface area contributed by atoms with Crippen LogP contribution in [0, 0.1) is 22.7 Å². The van der Waals surface area contributed by atoms with Crippen LogP contribution >= 0.6 is 0 Å². The second-order valence-corrected chi connectivity index (χ2v) is 4.24. The van der Waals surface area contributed by atoms with E-state index in [1.807, 2.05) is 0 Å². The number of hydrogen-bond donors (Lipinski definition) is 0. The van der Waals surface area contributed by atoms with Crippen LogP contribution in [0.4, 0.5) is 0 Å². The average Bonchev–Trinajstić information content (AvgIpc) is 2.25. The number of hydrogen-bond acceptors (Lipinski definition) is 1. The second kappa shape index (κ2) is 3.31. The molecule has 0 aromatic heterocycles. The normalized spacial score (nSPS) is 26.5. The van der Waals surface area contributed by atoms with Crippen molar-refractivity contribution < 1.29 is 0 Å². The van der Waals surface area contributed by atoms with Crippen LogP contribution in [0.2, 0.25) is 0 Å². The highest BCUT2D eigenvalue weighted by Crippen LogP contribution is 2.44. The zero-order chi connectivity index (χ0) is 9.19. The first-order chi connectivity index (χ1) is 5.59. The highest BCUT2D eigenvalue weighted by molar-refractivity contribution is 5.18. The van der Waals surface area contributed by atoms with Crippen LogP contribution in [-0.2, 0) is 0 Å². The summed E-state index contributed by atoms with van der Waals surface area (Å²) in [6.45, 7) is 6.77. The predicted octanol–water partition coefficient (Wildman–Crippen LogP) is 3.28. The van der Waals surface area contributed by atoms with Crippen LogP contribution in [0.5, 0.6) is 0 Å². The molecule has 0 heterocycles. The molecule has 0 aromatic rings.